The van der Waals surface area contributed by atoms with Crippen LogP contribution in [-0.2, 0) is 12.8 Å². The van der Waals surface area contributed by atoms with Crippen LogP contribution in [-0.4, -0.2) is 24.3 Å². The Bertz CT molecular complexity index is 1180. The number of carbonyl (C=O) groups is 1. The third-order valence-corrected chi connectivity index (χ3v) is 7.46. The molecule has 1 aliphatic rings. The lowest BCUT2D eigenvalue weighted by molar-refractivity contribution is 0.102. The van der Waals surface area contributed by atoms with Crippen molar-refractivity contribution in [2.24, 2.45) is 16.3 Å². The molecule has 2 N–H and O–H groups in total. The zero-order valence-corrected chi connectivity index (χ0v) is 20.3. The fourth-order valence-corrected chi connectivity index (χ4v) is 5.56. The molecule has 1 atom stereocenters. The highest BCUT2D eigenvalue weighted by Gasteiger charge is 2.33. The highest BCUT2D eigenvalue weighted by atomic mass is 32.1. The van der Waals surface area contributed by atoms with Crippen molar-refractivity contribution in [1.82, 2.24) is 0 Å². The summed E-state index contributed by atoms with van der Waals surface area (Å²) in [4.78, 5) is 19.3. The number of anilines is 1. The number of aliphatic imine (C=N–C) groups is 1. The number of amides is 1. The van der Waals surface area contributed by atoms with E-state index in [9.17, 15) is 9.90 Å². The number of phenols is 1. The summed E-state index contributed by atoms with van der Waals surface area (Å²) in [7, 11) is 1.51. The Kier molecular flexibility index (Phi) is 6.56. The zero-order valence-electron chi connectivity index (χ0n) is 19.5. The zero-order chi connectivity index (χ0) is 23.6. The number of carbonyl (C=O) groups excluding carboxylic acids is 1. The standard InChI is InChI=1S/C27H30N2O3S/c1-27(2,3)18-13-14-20-22(15-18)33-26(23(20)25(31)29-19-10-6-5-7-11-19)28-16-17-9-8-12-21(32-4)24(17)30/h5-12,16,18,30H,13-15H2,1-4H3,(H,29,31)/t18-/m0/s1. The van der Waals surface area contributed by atoms with E-state index in [-0.39, 0.29) is 17.1 Å². The summed E-state index contributed by atoms with van der Waals surface area (Å²) in [6.07, 6.45) is 4.48. The van der Waals surface area contributed by atoms with Gasteiger partial charge in [0.2, 0.25) is 0 Å². The number of nitrogens with one attached hydrogen (secondary N) is 1. The minimum Gasteiger partial charge on any atom is -0.504 e. The largest absolute Gasteiger partial charge is 0.504 e. The lowest BCUT2D eigenvalue weighted by Gasteiger charge is -2.33. The van der Waals surface area contributed by atoms with E-state index in [0.717, 1.165) is 30.5 Å². The average molecular weight is 463 g/mol. The number of thiophene rings is 1. The van der Waals surface area contributed by atoms with Crippen molar-refractivity contribution < 1.29 is 14.6 Å². The Morgan fingerprint density at radius 2 is 1.94 bits per heavy atom. The minimum absolute atomic E-state index is 0.0353. The van der Waals surface area contributed by atoms with Gasteiger partial charge in [-0.1, -0.05) is 45.0 Å². The number of para-hydroxylation sites is 2. The third-order valence-electron chi connectivity index (χ3n) is 6.30. The van der Waals surface area contributed by atoms with Gasteiger partial charge in [-0.25, -0.2) is 4.99 Å². The SMILES string of the molecule is COc1cccc(C=Nc2sc3c(c2C(=O)Nc2ccccc2)CC[C@H](C(C)(C)C)C3)c1O. The second-order valence-electron chi connectivity index (χ2n) is 9.47. The van der Waals surface area contributed by atoms with Crippen molar-refractivity contribution in [3.05, 3.63) is 70.1 Å². The Morgan fingerprint density at radius 3 is 2.64 bits per heavy atom. The first-order valence-corrected chi connectivity index (χ1v) is 12.0. The van der Waals surface area contributed by atoms with Crippen molar-refractivity contribution in [3.63, 3.8) is 0 Å². The molecule has 0 saturated heterocycles. The molecule has 0 radical (unpaired) electrons. The van der Waals surface area contributed by atoms with Crippen LogP contribution < -0.4 is 10.1 Å². The summed E-state index contributed by atoms with van der Waals surface area (Å²) in [5, 5.41) is 14.1. The molecule has 6 heteroatoms. The van der Waals surface area contributed by atoms with Gasteiger partial charge in [-0.3, -0.25) is 4.79 Å². The molecule has 0 unspecified atom stereocenters. The molecule has 0 aliphatic heterocycles. The first kappa shape index (κ1) is 23.1. The van der Waals surface area contributed by atoms with Crippen molar-refractivity contribution in [2.75, 3.05) is 12.4 Å². The van der Waals surface area contributed by atoms with Gasteiger partial charge < -0.3 is 15.2 Å². The van der Waals surface area contributed by atoms with Gasteiger partial charge in [0.1, 0.15) is 5.00 Å². The maximum Gasteiger partial charge on any atom is 0.259 e. The van der Waals surface area contributed by atoms with Crippen LogP contribution in [0, 0.1) is 11.3 Å². The van der Waals surface area contributed by atoms with Crippen molar-refractivity contribution in [3.8, 4) is 11.5 Å². The van der Waals surface area contributed by atoms with Gasteiger partial charge in [-0.15, -0.1) is 11.3 Å². The van der Waals surface area contributed by atoms with Gasteiger partial charge in [0.25, 0.3) is 5.91 Å². The summed E-state index contributed by atoms with van der Waals surface area (Å²) in [6, 6.07) is 14.7. The lowest BCUT2D eigenvalue weighted by atomic mass is 9.72. The van der Waals surface area contributed by atoms with Gasteiger partial charge in [-0.2, -0.15) is 0 Å². The second-order valence-corrected chi connectivity index (χ2v) is 10.5. The van der Waals surface area contributed by atoms with Gasteiger partial charge in [0.15, 0.2) is 11.5 Å². The number of nitrogens with zero attached hydrogens (tertiary/aromatic N) is 1. The first-order valence-electron chi connectivity index (χ1n) is 11.2. The number of rotatable bonds is 5. The fourth-order valence-electron chi connectivity index (χ4n) is 4.29. The van der Waals surface area contributed by atoms with Gasteiger partial charge >= 0.3 is 0 Å². The molecule has 0 saturated carbocycles. The van der Waals surface area contributed by atoms with Crippen molar-refractivity contribution >= 4 is 34.1 Å². The van der Waals surface area contributed by atoms with E-state index in [4.69, 9.17) is 4.74 Å². The van der Waals surface area contributed by atoms with Crippen LogP contribution in [0.15, 0.2) is 53.5 Å². The maximum absolute atomic E-state index is 13.4. The van der Waals surface area contributed by atoms with Gasteiger partial charge in [-0.05, 0) is 60.4 Å². The van der Waals surface area contributed by atoms with E-state index < -0.39 is 0 Å². The molecule has 1 amide bonds. The predicted molar refractivity (Wildman–Crippen MR) is 136 cm³/mol. The normalized spacial score (nSPS) is 15.9. The molecule has 172 valence electrons. The molecule has 3 aromatic rings. The second kappa shape index (κ2) is 9.40. The van der Waals surface area contributed by atoms with Crippen LogP contribution in [0.2, 0.25) is 0 Å². The average Bonchev–Trinajstić information content (AvgIpc) is 3.16. The molecule has 0 bridgehead atoms. The van der Waals surface area contributed by atoms with E-state index in [1.807, 2.05) is 30.3 Å². The van der Waals surface area contributed by atoms with Crippen molar-refractivity contribution in [1.29, 1.82) is 0 Å². The minimum atomic E-state index is -0.144. The number of fused-ring (bicyclic) bond motifs is 1. The Morgan fingerprint density at radius 1 is 1.18 bits per heavy atom. The number of benzene rings is 2. The predicted octanol–water partition coefficient (Wildman–Crippen LogP) is 6.62. The highest BCUT2D eigenvalue weighted by molar-refractivity contribution is 7.16. The summed E-state index contributed by atoms with van der Waals surface area (Å²) >= 11 is 1.58. The molecular weight excluding hydrogens is 432 g/mol. The van der Waals surface area contributed by atoms with E-state index in [0.29, 0.717) is 27.8 Å². The lowest BCUT2D eigenvalue weighted by Crippen LogP contribution is -2.27. The fraction of sp³-hybridized carbons (Fsp3) is 0.333. The summed E-state index contributed by atoms with van der Waals surface area (Å²) in [5.74, 6) is 0.843. The smallest absolute Gasteiger partial charge is 0.259 e. The van der Waals surface area contributed by atoms with E-state index >= 15 is 0 Å². The summed E-state index contributed by atoms with van der Waals surface area (Å²) in [6.45, 7) is 6.84. The summed E-state index contributed by atoms with van der Waals surface area (Å²) in [5.41, 5.74) is 3.26. The van der Waals surface area contributed by atoms with E-state index in [1.165, 1.54) is 12.0 Å². The van der Waals surface area contributed by atoms with Crippen LogP contribution in [0.5, 0.6) is 11.5 Å². The number of aromatic hydroxyl groups is 1. The topological polar surface area (TPSA) is 70.9 Å². The van der Waals surface area contributed by atoms with Gasteiger partial charge in [0.05, 0.1) is 12.7 Å². The van der Waals surface area contributed by atoms with Crippen LogP contribution in [0.4, 0.5) is 10.7 Å². The molecule has 1 aliphatic carbocycles. The first-order chi connectivity index (χ1) is 15.8. The quantitative estimate of drug-likeness (QED) is 0.419. The monoisotopic (exact) mass is 462 g/mol. The van der Waals surface area contributed by atoms with Crippen LogP contribution in [0.25, 0.3) is 0 Å². The molecule has 2 aromatic carbocycles. The molecular formula is C27H30N2O3S. The number of ether oxygens (including phenoxy) is 1. The highest BCUT2D eigenvalue weighted by Crippen LogP contribution is 2.45. The molecule has 0 spiro atoms. The van der Waals surface area contributed by atoms with E-state index in [1.54, 1.807) is 35.8 Å². The number of methoxy groups -OCH3 is 1. The number of hydrogen-bond donors (Lipinski definition) is 2. The Balaban J connectivity index is 1.73. The molecule has 4 rings (SSSR count). The molecule has 33 heavy (non-hydrogen) atoms. The molecule has 0 fully saturated rings. The molecule has 1 heterocycles. The molecule has 1 aromatic heterocycles. The van der Waals surface area contributed by atoms with Gasteiger partial charge in [0, 0.05) is 22.3 Å². The maximum atomic E-state index is 13.4. The van der Waals surface area contributed by atoms with Crippen molar-refractivity contribution in [2.45, 2.75) is 40.0 Å². The van der Waals surface area contributed by atoms with Crippen LogP contribution in [0.1, 0.15) is 53.6 Å². The number of phenolic OH excluding ortho intramolecular Hbond substituents is 1. The Labute approximate surface area is 199 Å². The van der Waals surface area contributed by atoms with E-state index in [2.05, 4.69) is 31.1 Å². The number of hydrogen-bond acceptors (Lipinski definition) is 5. The van der Waals surface area contributed by atoms with Crippen LogP contribution >= 0.6 is 11.3 Å². The third kappa shape index (κ3) is 4.96. The molecule has 5 nitrogen and oxygen atoms in total. The Hall–Kier alpha value is -3.12. The van der Waals surface area contributed by atoms with Crippen LogP contribution in [0.3, 0.4) is 0 Å². The summed E-state index contributed by atoms with van der Waals surface area (Å²) < 4.78 is 5.20.